The van der Waals surface area contributed by atoms with Crippen molar-refractivity contribution in [1.82, 2.24) is 0 Å². The van der Waals surface area contributed by atoms with Crippen molar-refractivity contribution < 1.29 is 9.90 Å². The number of rotatable bonds is 6. The molecule has 1 N–H and O–H groups in total. The zero-order chi connectivity index (χ0) is 11.6. The Bertz CT molecular complexity index is 364. The summed E-state index contributed by atoms with van der Waals surface area (Å²) < 4.78 is 0. The molecule has 0 spiro atoms. The van der Waals surface area contributed by atoms with E-state index in [0.29, 0.717) is 0 Å². The molecule has 0 aromatic heterocycles. The lowest BCUT2D eigenvalue weighted by molar-refractivity contribution is -0.131. The van der Waals surface area contributed by atoms with Crippen LogP contribution in [-0.4, -0.2) is 11.1 Å². The SMILES string of the molecule is O=C(O)/C=C/C=C/CCCc1ccccc1. The minimum atomic E-state index is -0.908. The van der Waals surface area contributed by atoms with Crippen LogP contribution in [0.15, 0.2) is 54.6 Å². The molecule has 84 valence electrons. The third-order valence-electron chi connectivity index (χ3n) is 2.17. The highest BCUT2D eigenvalue weighted by Gasteiger charge is 1.89. The first-order chi connectivity index (χ1) is 7.79. The molecule has 0 fully saturated rings. The molecule has 0 atom stereocenters. The fraction of sp³-hybridized carbons (Fsp3) is 0.214. The molecule has 0 bridgehead atoms. The lowest BCUT2D eigenvalue weighted by atomic mass is 10.1. The third-order valence-corrected chi connectivity index (χ3v) is 2.17. The van der Waals surface area contributed by atoms with Crippen LogP contribution < -0.4 is 0 Å². The molecular formula is C14H16O2. The topological polar surface area (TPSA) is 37.3 Å². The van der Waals surface area contributed by atoms with Crippen molar-refractivity contribution in [3.63, 3.8) is 0 Å². The minimum Gasteiger partial charge on any atom is -0.478 e. The lowest BCUT2D eigenvalue weighted by Gasteiger charge is -1.97. The minimum absolute atomic E-state index is 0.908. The average molecular weight is 216 g/mol. The molecule has 1 rings (SSSR count). The number of aliphatic carboxylic acids is 1. The number of hydrogen-bond acceptors (Lipinski definition) is 1. The summed E-state index contributed by atoms with van der Waals surface area (Å²) >= 11 is 0. The van der Waals surface area contributed by atoms with Gasteiger partial charge in [0.1, 0.15) is 0 Å². The Kier molecular flexibility index (Phi) is 5.71. The Labute approximate surface area is 95.9 Å². The summed E-state index contributed by atoms with van der Waals surface area (Å²) in [5, 5.41) is 8.34. The molecule has 0 amide bonds. The van der Waals surface area contributed by atoms with Gasteiger partial charge in [-0.15, -0.1) is 0 Å². The Balaban J connectivity index is 2.15. The fourth-order valence-corrected chi connectivity index (χ4v) is 1.38. The lowest BCUT2D eigenvalue weighted by Crippen LogP contribution is -1.84. The molecule has 0 aliphatic heterocycles. The molecule has 1 aromatic rings. The Morgan fingerprint density at radius 1 is 1.19 bits per heavy atom. The van der Waals surface area contributed by atoms with Crippen LogP contribution in [0.5, 0.6) is 0 Å². The zero-order valence-corrected chi connectivity index (χ0v) is 9.17. The van der Waals surface area contributed by atoms with E-state index in [1.54, 1.807) is 12.2 Å². The number of unbranched alkanes of at least 4 members (excludes halogenated alkanes) is 1. The van der Waals surface area contributed by atoms with Crippen molar-refractivity contribution in [2.45, 2.75) is 19.3 Å². The van der Waals surface area contributed by atoms with Gasteiger partial charge in [-0.25, -0.2) is 4.79 Å². The van der Waals surface area contributed by atoms with E-state index in [-0.39, 0.29) is 0 Å². The van der Waals surface area contributed by atoms with Crippen LogP contribution >= 0.6 is 0 Å². The average Bonchev–Trinajstić information content (AvgIpc) is 2.29. The molecule has 1 aromatic carbocycles. The predicted molar refractivity (Wildman–Crippen MR) is 65.3 cm³/mol. The van der Waals surface area contributed by atoms with Gasteiger partial charge in [-0.05, 0) is 24.8 Å². The quantitative estimate of drug-likeness (QED) is 0.450. The highest BCUT2D eigenvalue weighted by molar-refractivity contribution is 5.80. The molecule has 0 radical (unpaired) electrons. The second-order valence-electron chi connectivity index (χ2n) is 3.50. The largest absolute Gasteiger partial charge is 0.478 e. The van der Waals surface area contributed by atoms with Crippen LogP contribution in [0, 0.1) is 0 Å². The van der Waals surface area contributed by atoms with Gasteiger partial charge in [0, 0.05) is 6.08 Å². The van der Waals surface area contributed by atoms with E-state index in [1.807, 2.05) is 24.3 Å². The molecule has 0 aliphatic carbocycles. The van der Waals surface area contributed by atoms with E-state index in [9.17, 15) is 4.79 Å². The molecule has 2 nitrogen and oxygen atoms in total. The highest BCUT2D eigenvalue weighted by Crippen LogP contribution is 2.04. The van der Waals surface area contributed by atoms with Gasteiger partial charge in [-0.1, -0.05) is 48.6 Å². The van der Waals surface area contributed by atoms with Crippen molar-refractivity contribution in [3.8, 4) is 0 Å². The first kappa shape index (κ1) is 12.2. The maximum atomic E-state index is 10.2. The summed E-state index contributed by atoms with van der Waals surface area (Å²) in [4.78, 5) is 10.2. The van der Waals surface area contributed by atoms with E-state index in [0.717, 1.165) is 25.3 Å². The Hall–Kier alpha value is -1.83. The zero-order valence-electron chi connectivity index (χ0n) is 9.17. The second kappa shape index (κ2) is 7.46. The van der Waals surface area contributed by atoms with Crippen LogP contribution in [-0.2, 0) is 11.2 Å². The Morgan fingerprint density at radius 2 is 1.94 bits per heavy atom. The maximum absolute atomic E-state index is 10.2. The van der Waals surface area contributed by atoms with E-state index in [1.165, 1.54) is 5.56 Å². The van der Waals surface area contributed by atoms with Crippen LogP contribution in [0.4, 0.5) is 0 Å². The normalized spacial score (nSPS) is 11.2. The summed E-state index contributed by atoms with van der Waals surface area (Å²) in [5.41, 5.74) is 1.34. The first-order valence-electron chi connectivity index (χ1n) is 5.39. The van der Waals surface area contributed by atoms with Gasteiger partial charge in [0.2, 0.25) is 0 Å². The molecule has 0 saturated carbocycles. The van der Waals surface area contributed by atoms with Gasteiger partial charge in [-0.3, -0.25) is 0 Å². The second-order valence-corrected chi connectivity index (χ2v) is 3.50. The van der Waals surface area contributed by atoms with Crippen LogP contribution in [0.1, 0.15) is 18.4 Å². The van der Waals surface area contributed by atoms with Crippen molar-refractivity contribution in [2.75, 3.05) is 0 Å². The standard InChI is InChI=1S/C14H16O2/c15-14(16)12-8-3-1-2-5-9-13-10-6-4-7-11-13/h1,3-4,6-8,10-12H,2,5,9H2,(H,15,16)/b3-1+,12-8+. The van der Waals surface area contributed by atoms with Crippen molar-refractivity contribution in [3.05, 3.63) is 60.2 Å². The molecule has 0 heterocycles. The fourth-order valence-electron chi connectivity index (χ4n) is 1.38. The molecule has 0 aliphatic rings. The Morgan fingerprint density at radius 3 is 2.62 bits per heavy atom. The van der Waals surface area contributed by atoms with E-state index in [4.69, 9.17) is 5.11 Å². The van der Waals surface area contributed by atoms with Gasteiger partial charge >= 0.3 is 5.97 Å². The number of hydrogen-bond donors (Lipinski definition) is 1. The van der Waals surface area contributed by atoms with Gasteiger partial charge in [0.05, 0.1) is 0 Å². The molecular weight excluding hydrogens is 200 g/mol. The van der Waals surface area contributed by atoms with E-state index in [2.05, 4.69) is 12.1 Å². The number of carboxylic acid groups (broad SMARTS) is 1. The highest BCUT2D eigenvalue weighted by atomic mass is 16.4. The number of carboxylic acids is 1. The van der Waals surface area contributed by atoms with Gasteiger partial charge in [-0.2, -0.15) is 0 Å². The number of benzene rings is 1. The summed E-state index contributed by atoms with van der Waals surface area (Å²) in [6.45, 7) is 0. The van der Waals surface area contributed by atoms with Crippen molar-refractivity contribution >= 4 is 5.97 Å². The molecule has 16 heavy (non-hydrogen) atoms. The number of carbonyl (C=O) groups is 1. The summed E-state index contributed by atoms with van der Waals surface area (Å²) in [6, 6.07) is 10.3. The number of aryl methyl sites for hydroxylation is 1. The van der Waals surface area contributed by atoms with E-state index >= 15 is 0 Å². The smallest absolute Gasteiger partial charge is 0.328 e. The monoisotopic (exact) mass is 216 g/mol. The summed E-state index contributed by atoms with van der Waals surface area (Å²) in [6.07, 6.45) is 9.56. The predicted octanol–water partition coefficient (Wildman–Crippen LogP) is 3.21. The van der Waals surface area contributed by atoms with Gasteiger partial charge in [0.25, 0.3) is 0 Å². The molecule has 0 saturated heterocycles. The summed E-state index contributed by atoms with van der Waals surface area (Å²) in [5.74, 6) is -0.908. The maximum Gasteiger partial charge on any atom is 0.328 e. The summed E-state index contributed by atoms with van der Waals surface area (Å²) in [7, 11) is 0. The molecule has 0 unspecified atom stereocenters. The third kappa shape index (κ3) is 5.81. The van der Waals surface area contributed by atoms with Gasteiger partial charge < -0.3 is 5.11 Å². The number of allylic oxidation sites excluding steroid dienone is 3. The van der Waals surface area contributed by atoms with Crippen LogP contribution in [0.2, 0.25) is 0 Å². The van der Waals surface area contributed by atoms with Crippen molar-refractivity contribution in [1.29, 1.82) is 0 Å². The molecule has 2 heteroatoms. The van der Waals surface area contributed by atoms with Crippen LogP contribution in [0.25, 0.3) is 0 Å². The van der Waals surface area contributed by atoms with E-state index < -0.39 is 5.97 Å². The first-order valence-corrected chi connectivity index (χ1v) is 5.39. The van der Waals surface area contributed by atoms with Crippen LogP contribution in [0.3, 0.4) is 0 Å². The van der Waals surface area contributed by atoms with Gasteiger partial charge in [0.15, 0.2) is 0 Å². The van der Waals surface area contributed by atoms with Crippen molar-refractivity contribution in [2.24, 2.45) is 0 Å².